The van der Waals surface area contributed by atoms with Crippen molar-refractivity contribution in [2.75, 3.05) is 6.26 Å². The van der Waals surface area contributed by atoms with E-state index >= 15 is 0 Å². The molecule has 0 amide bonds. The van der Waals surface area contributed by atoms with Crippen LogP contribution < -0.4 is 10.1 Å². The van der Waals surface area contributed by atoms with Crippen molar-refractivity contribution in [3.63, 3.8) is 0 Å². The van der Waals surface area contributed by atoms with E-state index in [1.807, 2.05) is 54.8 Å². The van der Waals surface area contributed by atoms with Gasteiger partial charge in [-0.25, -0.2) is 0 Å². The molecule has 4 rings (SSSR count). The zero-order valence-electron chi connectivity index (χ0n) is 13.1. The molecule has 4 nitrogen and oxygen atoms in total. The highest BCUT2D eigenvalue weighted by Crippen LogP contribution is 2.25. The highest BCUT2D eigenvalue weighted by molar-refractivity contribution is 7.98. The molecule has 0 spiro atoms. The number of thioether (sulfide) groups is 1. The number of fused-ring (bicyclic) bond motifs is 1. The number of aromatic nitrogens is 3. The Morgan fingerprint density at radius 2 is 1.92 bits per heavy atom. The molecule has 2 aromatic carbocycles. The smallest absolute Gasteiger partial charge is 0.266 e. The minimum Gasteiger partial charge on any atom is -0.266 e. The van der Waals surface area contributed by atoms with E-state index in [9.17, 15) is 4.79 Å². The van der Waals surface area contributed by atoms with Crippen LogP contribution in [0.1, 0.15) is 5.56 Å². The summed E-state index contributed by atoms with van der Waals surface area (Å²) in [5.74, 6) is 0.463. The fourth-order valence-electron chi connectivity index (χ4n) is 2.44. The number of hydrogen-bond donors (Lipinski definition) is 0. The van der Waals surface area contributed by atoms with Crippen LogP contribution in [0.5, 0.6) is 0 Å². The first-order chi connectivity index (χ1) is 12.2. The van der Waals surface area contributed by atoms with Crippen LogP contribution in [-0.4, -0.2) is 20.9 Å². The van der Waals surface area contributed by atoms with Crippen LogP contribution in [0.4, 0.5) is 0 Å². The lowest BCUT2D eigenvalue weighted by Gasteiger charge is -1.96. The van der Waals surface area contributed by atoms with E-state index in [-0.39, 0.29) is 5.56 Å². The van der Waals surface area contributed by atoms with E-state index in [4.69, 9.17) is 11.6 Å². The highest BCUT2D eigenvalue weighted by atomic mass is 35.5. The Morgan fingerprint density at radius 3 is 2.60 bits per heavy atom. The summed E-state index contributed by atoms with van der Waals surface area (Å²) in [5, 5.41) is 4.89. The van der Waals surface area contributed by atoms with Gasteiger partial charge in [0.25, 0.3) is 5.56 Å². The van der Waals surface area contributed by atoms with Gasteiger partial charge in [0, 0.05) is 10.5 Å². The predicted octanol–water partition coefficient (Wildman–Crippen LogP) is 3.74. The van der Waals surface area contributed by atoms with Crippen LogP contribution >= 0.6 is 34.7 Å². The van der Waals surface area contributed by atoms with Crippen molar-refractivity contribution in [2.24, 2.45) is 0 Å². The van der Waals surface area contributed by atoms with Gasteiger partial charge in [0.2, 0.25) is 4.96 Å². The van der Waals surface area contributed by atoms with E-state index in [2.05, 4.69) is 10.1 Å². The summed E-state index contributed by atoms with van der Waals surface area (Å²) >= 11 is 9.19. The molecule has 0 saturated heterocycles. The molecule has 2 heterocycles. The number of nitrogens with zero attached hydrogens (tertiary/aromatic N) is 3. The van der Waals surface area contributed by atoms with E-state index in [0.717, 1.165) is 11.1 Å². The number of hydrogen-bond acceptors (Lipinski definition) is 5. The van der Waals surface area contributed by atoms with Crippen molar-refractivity contribution in [1.82, 2.24) is 14.6 Å². The second-order valence-corrected chi connectivity index (χ2v) is 7.59. The minimum absolute atomic E-state index is 0.167. The lowest BCUT2D eigenvalue weighted by Crippen LogP contribution is -2.23. The van der Waals surface area contributed by atoms with Crippen molar-refractivity contribution < 1.29 is 0 Å². The molecule has 0 aliphatic carbocycles. The normalized spacial score (nSPS) is 12.2. The summed E-state index contributed by atoms with van der Waals surface area (Å²) in [4.78, 5) is 18.8. The van der Waals surface area contributed by atoms with E-state index in [1.165, 1.54) is 20.7 Å². The average Bonchev–Trinajstić information content (AvgIpc) is 3.16. The second kappa shape index (κ2) is 6.63. The molecule has 0 aliphatic heterocycles. The highest BCUT2D eigenvalue weighted by Gasteiger charge is 2.13. The van der Waals surface area contributed by atoms with Gasteiger partial charge in [-0.15, -0.1) is 16.9 Å². The van der Waals surface area contributed by atoms with E-state index in [1.54, 1.807) is 17.8 Å². The van der Waals surface area contributed by atoms with Gasteiger partial charge in [0.05, 0.1) is 9.55 Å². The maximum atomic E-state index is 12.6. The van der Waals surface area contributed by atoms with Gasteiger partial charge >= 0.3 is 0 Å². The Morgan fingerprint density at radius 1 is 1.16 bits per heavy atom. The third-order valence-corrected chi connectivity index (χ3v) is 5.74. The molecule has 0 fully saturated rings. The van der Waals surface area contributed by atoms with Gasteiger partial charge in [0.1, 0.15) is 0 Å². The molecular weight excluding hydrogens is 374 g/mol. The maximum absolute atomic E-state index is 12.6. The molecule has 0 radical (unpaired) electrons. The summed E-state index contributed by atoms with van der Waals surface area (Å²) in [6.45, 7) is 0. The Balaban J connectivity index is 1.79. The fraction of sp³-hybridized carbons (Fsp3) is 0.0556. The van der Waals surface area contributed by atoms with Crippen LogP contribution in [0.3, 0.4) is 0 Å². The molecular formula is C18H12ClN3OS2. The molecule has 7 heteroatoms. The zero-order chi connectivity index (χ0) is 17.4. The van der Waals surface area contributed by atoms with Gasteiger partial charge < -0.3 is 0 Å². The standard InChI is InChI=1S/C18H12ClN3OS2/c1-24-12-8-6-11(7-9-12)10-15-17(23)22-18(25-15)20-16(21-22)13-4-2-3-5-14(13)19/h2-10H,1H3/b15-10-. The van der Waals surface area contributed by atoms with Crippen molar-refractivity contribution in [2.45, 2.75) is 4.90 Å². The first-order valence-corrected chi connectivity index (χ1v) is 9.88. The van der Waals surface area contributed by atoms with Crippen molar-refractivity contribution in [1.29, 1.82) is 0 Å². The predicted molar refractivity (Wildman–Crippen MR) is 105 cm³/mol. The zero-order valence-corrected chi connectivity index (χ0v) is 15.5. The minimum atomic E-state index is -0.167. The lowest BCUT2D eigenvalue weighted by atomic mass is 10.2. The van der Waals surface area contributed by atoms with Crippen LogP contribution in [-0.2, 0) is 0 Å². The van der Waals surface area contributed by atoms with Gasteiger partial charge in [-0.3, -0.25) is 4.79 Å². The number of halogens is 1. The largest absolute Gasteiger partial charge is 0.291 e. The van der Waals surface area contributed by atoms with Gasteiger partial charge in [-0.1, -0.05) is 47.2 Å². The van der Waals surface area contributed by atoms with Crippen LogP contribution in [0.2, 0.25) is 5.02 Å². The van der Waals surface area contributed by atoms with Crippen molar-refractivity contribution >= 4 is 45.7 Å². The quantitative estimate of drug-likeness (QED) is 0.504. The third-order valence-electron chi connectivity index (χ3n) is 3.71. The van der Waals surface area contributed by atoms with Crippen LogP contribution in [0.15, 0.2) is 58.2 Å². The monoisotopic (exact) mass is 385 g/mol. The summed E-state index contributed by atoms with van der Waals surface area (Å²) in [6.07, 6.45) is 3.90. The Bertz CT molecular complexity index is 1170. The first-order valence-electron chi connectivity index (χ1n) is 7.46. The maximum Gasteiger partial charge on any atom is 0.291 e. The number of thiazole rings is 1. The van der Waals surface area contributed by atoms with Gasteiger partial charge in [-0.05, 0) is 42.2 Å². The third kappa shape index (κ3) is 3.08. The van der Waals surface area contributed by atoms with Crippen molar-refractivity contribution in [3.05, 3.63) is 74.0 Å². The molecule has 0 atom stereocenters. The molecule has 124 valence electrons. The fourth-order valence-corrected chi connectivity index (χ4v) is 3.98. The van der Waals surface area contributed by atoms with Gasteiger partial charge in [-0.2, -0.15) is 9.50 Å². The van der Waals surface area contributed by atoms with Crippen LogP contribution in [0, 0.1) is 0 Å². The van der Waals surface area contributed by atoms with E-state index in [0.29, 0.717) is 20.3 Å². The molecule has 25 heavy (non-hydrogen) atoms. The summed E-state index contributed by atoms with van der Waals surface area (Å²) in [5.41, 5.74) is 1.53. The first kappa shape index (κ1) is 16.3. The average molecular weight is 386 g/mol. The SMILES string of the molecule is CSc1ccc(/C=c2\sc3nc(-c4ccccc4Cl)nn3c2=O)cc1. The molecule has 4 aromatic rings. The topological polar surface area (TPSA) is 47.3 Å². The van der Waals surface area contributed by atoms with Crippen molar-refractivity contribution in [3.8, 4) is 11.4 Å². The summed E-state index contributed by atoms with van der Waals surface area (Å²) in [6, 6.07) is 15.4. The lowest BCUT2D eigenvalue weighted by molar-refractivity contribution is 0.937. The Kier molecular flexibility index (Phi) is 4.33. The summed E-state index contributed by atoms with van der Waals surface area (Å²) in [7, 11) is 0. The van der Waals surface area contributed by atoms with Crippen LogP contribution in [0.25, 0.3) is 22.4 Å². The Hall–Kier alpha value is -2.15. The summed E-state index contributed by atoms with van der Waals surface area (Å²) < 4.78 is 1.95. The molecule has 0 saturated carbocycles. The number of benzene rings is 2. The second-order valence-electron chi connectivity index (χ2n) is 5.30. The number of rotatable bonds is 3. The molecule has 2 aromatic heterocycles. The molecule has 0 aliphatic rings. The molecule has 0 bridgehead atoms. The Labute approximate surface area is 156 Å². The van der Waals surface area contributed by atoms with Gasteiger partial charge in [0.15, 0.2) is 5.82 Å². The molecule has 0 unspecified atom stereocenters. The molecule has 0 N–H and O–H groups in total. The van der Waals surface area contributed by atoms with E-state index < -0.39 is 0 Å².